The Labute approximate surface area is 132 Å². The molecule has 1 N–H and O–H groups in total. The van der Waals surface area contributed by atoms with E-state index in [1.54, 1.807) is 32.9 Å². The highest BCUT2D eigenvalue weighted by Gasteiger charge is 2.41. The second kappa shape index (κ2) is 5.57. The highest BCUT2D eigenvalue weighted by Crippen LogP contribution is 2.34. The van der Waals surface area contributed by atoms with Crippen LogP contribution in [0.25, 0.3) is 0 Å². The number of carbonyl (C=O) groups excluding carboxylic acids is 1. The summed E-state index contributed by atoms with van der Waals surface area (Å²) < 4.78 is 19.2. The maximum absolute atomic E-state index is 13.6. The van der Waals surface area contributed by atoms with Crippen LogP contribution in [0.15, 0.2) is 22.7 Å². The minimum atomic E-state index is -1.24. The molecule has 1 saturated heterocycles. The molecule has 1 unspecified atom stereocenters. The molecular formula is C15H19BrFNO3. The maximum Gasteiger partial charge on any atom is 0.410 e. The molecule has 116 valence electrons. The smallest absolute Gasteiger partial charge is 0.410 e. The molecule has 4 nitrogen and oxygen atoms in total. The summed E-state index contributed by atoms with van der Waals surface area (Å²) in [5.41, 5.74) is -1.35. The molecule has 0 saturated carbocycles. The van der Waals surface area contributed by atoms with Crippen LogP contribution in [0.1, 0.15) is 32.8 Å². The first-order chi connectivity index (χ1) is 9.61. The van der Waals surface area contributed by atoms with Crippen LogP contribution < -0.4 is 0 Å². The second-order valence-electron chi connectivity index (χ2n) is 6.31. The Morgan fingerprint density at radius 2 is 2.14 bits per heavy atom. The molecular weight excluding hydrogens is 341 g/mol. The zero-order valence-corrected chi connectivity index (χ0v) is 13.9. The average Bonchev–Trinajstić information content (AvgIpc) is 2.75. The first-order valence-corrected chi connectivity index (χ1v) is 7.56. The Kier molecular flexibility index (Phi) is 4.31. The van der Waals surface area contributed by atoms with Gasteiger partial charge in [0.05, 0.1) is 11.0 Å². The molecule has 0 radical (unpaired) electrons. The van der Waals surface area contributed by atoms with Gasteiger partial charge >= 0.3 is 6.09 Å². The Hall–Kier alpha value is -1.14. The predicted octanol–water partition coefficient (Wildman–Crippen LogP) is 3.42. The van der Waals surface area contributed by atoms with E-state index >= 15 is 0 Å². The second-order valence-corrected chi connectivity index (χ2v) is 7.17. The van der Waals surface area contributed by atoms with Crippen LogP contribution in [0.4, 0.5) is 9.18 Å². The number of ether oxygens (including phenoxy) is 1. The molecule has 0 aromatic heterocycles. The van der Waals surface area contributed by atoms with Crippen molar-refractivity contribution in [2.24, 2.45) is 0 Å². The van der Waals surface area contributed by atoms with E-state index in [2.05, 4.69) is 15.9 Å². The highest BCUT2D eigenvalue weighted by molar-refractivity contribution is 9.10. The van der Waals surface area contributed by atoms with Gasteiger partial charge in [0.2, 0.25) is 0 Å². The average molecular weight is 360 g/mol. The van der Waals surface area contributed by atoms with Crippen molar-refractivity contribution in [1.82, 2.24) is 4.90 Å². The number of benzene rings is 1. The van der Waals surface area contributed by atoms with Gasteiger partial charge in [-0.05, 0) is 60.8 Å². The molecule has 1 fully saturated rings. The van der Waals surface area contributed by atoms with E-state index in [0.29, 0.717) is 23.0 Å². The van der Waals surface area contributed by atoms with Crippen molar-refractivity contribution in [1.29, 1.82) is 0 Å². The van der Waals surface area contributed by atoms with Gasteiger partial charge in [-0.2, -0.15) is 0 Å². The normalized spacial score (nSPS) is 22.5. The molecule has 1 aromatic rings. The zero-order chi connectivity index (χ0) is 15.8. The summed E-state index contributed by atoms with van der Waals surface area (Å²) in [5, 5.41) is 10.7. The van der Waals surface area contributed by atoms with E-state index in [9.17, 15) is 14.3 Å². The minimum absolute atomic E-state index is 0.100. The van der Waals surface area contributed by atoms with Crippen LogP contribution in [0.2, 0.25) is 0 Å². The fourth-order valence-electron chi connectivity index (χ4n) is 2.30. The standard InChI is InChI=1S/C15H19BrFNO3/c1-14(2,3)21-13(19)18-7-6-15(20,9-18)10-4-5-11(16)12(17)8-10/h4-5,8,20H,6-7,9H2,1-3H3. The molecule has 1 amide bonds. The predicted molar refractivity (Wildman–Crippen MR) is 80.4 cm³/mol. The molecule has 1 aliphatic rings. The Morgan fingerprint density at radius 1 is 1.48 bits per heavy atom. The lowest BCUT2D eigenvalue weighted by Crippen LogP contribution is -2.38. The molecule has 0 spiro atoms. The number of rotatable bonds is 1. The molecule has 21 heavy (non-hydrogen) atoms. The highest BCUT2D eigenvalue weighted by atomic mass is 79.9. The molecule has 6 heteroatoms. The van der Waals surface area contributed by atoms with Gasteiger partial charge in [0.15, 0.2) is 0 Å². The number of carbonyl (C=O) groups is 1. The van der Waals surface area contributed by atoms with Gasteiger partial charge in [0, 0.05) is 6.54 Å². The fraction of sp³-hybridized carbons (Fsp3) is 0.533. The molecule has 2 rings (SSSR count). The third-order valence-electron chi connectivity index (χ3n) is 3.36. The number of halogens is 2. The van der Waals surface area contributed by atoms with E-state index < -0.39 is 23.1 Å². The number of amides is 1. The van der Waals surface area contributed by atoms with E-state index in [1.165, 1.54) is 11.0 Å². The van der Waals surface area contributed by atoms with Crippen LogP contribution in [0, 0.1) is 5.82 Å². The van der Waals surface area contributed by atoms with Crippen molar-refractivity contribution < 1.29 is 19.0 Å². The minimum Gasteiger partial charge on any atom is -0.444 e. The summed E-state index contributed by atoms with van der Waals surface area (Å²) in [6, 6.07) is 4.51. The summed E-state index contributed by atoms with van der Waals surface area (Å²) >= 11 is 3.08. The van der Waals surface area contributed by atoms with Crippen molar-refractivity contribution in [2.75, 3.05) is 13.1 Å². The number of hydrogen-bond acceptors (Lipinski definition) is 3. The van der Waals surface area contributed by atoms with E-state index in [-0.39, 0.29) is 6.54 Å². The first-order valence-electron chi connectivity index (χ1n) is 6.77. The van der Waals surface area contributed by atoms with Crippen molar-refractivity contribution in [3.05, 3.63) is 34.1 Å². The Bertz CT molecular complexity index is 558. The van der Waals surface area contributed by atoms with E-state index in [0.717, 1.165) is 0 Å². The van der Waals surface area contributed by atoms with Gasteiger partial charge in [0.1, 0.15) is 17.0 Å². The van der Waals surface area contributed by atoms with Crippen molar-refractivity contribution in [3.63, 3.8) is 0 Å². The molecule has 1 aliphatic heterocycles. The summed E-state index contributed by atoms with van der Waals surface area (Å²) in [5.74, 6) is -0.434. The third-order valence-corrected chi connectivity index (χ3v) is 4.00. The topological polar surface area (TPSA) is 49.8 Å². The largest absolute Gasteiger partial charge is 0.444 e. The number of β-amino-alcohol motifs (C(OH)–C–C–N with tert-alkyl or cyclic N) is 1. The Balaban J connectivity index is 2.13. The number of nitrogens with zero attached hydrogens (tertiary/aromatic N) is 1. The van der Waals surface area contributed by atoms with E-state index in [1.807, 2.05) is 0 Å². The SMILES string of the molecule is CC(C)(C)OC(=O)N1CCC(O)(c2ccc(Br)c(F)c2)C1. The number of likely N-dealkylation sites (tertiary alicyclic amines) is 1. The molecule has 0 bridgehead atoms. The van der Waals surface area contributed by atoms with Crippen molar-refractivity contribution in [3.8, 4) is 0 Å². The molecule has 1 atom stereocenters. The van der Waals surface area contributed by atoms with Gasteiger partial charge < -0.3 is 14.7 Å². The van der Waals surface area contributed by atoms with Gasteiger partial charge in [-0.1, -0.05) is 6.07 Å². The van der Waals surface area contributed by atoms with Crippen molar-refractivity contribution >= 4 is 22.0 Å². The van der Waals surface area contributed by atoms with Gasteiger partial charge in [-0.15, -0.1) is 0 Å². The van der Waals surface area contributed by atoms with Gasteiger partial charge in [0.25, 0.3) is 0 Å². The van der Waals surface area contributed by atoms with Crippen LogP contribution in [-0.4, -0.2) is 34.8 Å². The third kappa shape index (κ3) is 3.74. The fourth-order valence-corrected chi connectivity index (χ4v) is 2.54. The van der Waals surface area contributed by atoms with Crippen LogP contribution >= 0.6 is 15.9 Å². The lowest BCUT2D eigenvalue weighted by atomic mass is 9.93. The summed E-state index contributed by atoms with van der Waals surface area (Å²) in [7, 11) is 0. The summed E-state index contributed by atoms with van der Waals surface area (Å²) in [6.45, 7) is 5.85. The van der Waals surface area contributed by atoms with Gasteiger partial charge in [-0.3, -0.25) is 0 Å². The van der Waals surface area contributed by atoms with Crippen LogP contribution in [-0.2, 0) is 10.3 Å². The number of aliphatic hydroxyl groups is 1. The first kappa shape index (κ1) is 16.2. The maximum atomic E-state index is 13.6. The zero-order valence-electron chi connectivity index (χ0n) is 12.3. The molecule has 0 aliphatic carbocycles. The van der Waals surface area contributed by atoms with Crippen LogP contribution in [0.5, 0.6) is 0 Å². The summed E-state index contributed by atoms with van der Waals surface area (Å²) in [6.07, 6.45) is -0.108. The number of hydrogen-bond donors (Lipinski definition) is 1. The lowest BCUT2D eigenvalue weighted by molar-refractivity contribution is 0.0139. The monoisotopic (exact) mass is 359 g/mol. The Morgan fingerprint density at radius 3 is 2.71 bits per heavy atom. The quantitative estimate of drug-likeness (QED) is 0.835. The summed E-state index contributed by atoms with van der Waals surface area (Å²) in [4.78, 5) is 13.5. The molecule has 1 aromatic carbocycles. The molecule has 1 heterocycles. The van der Waals surface area contributed by atoms with E-state index in [4.69, 9.17) is 4.74 Å². The van der Waals surface area contributed by atoms with Gasteiger partial charge in [-0.25, -0.2) is 9.18 Å². The van der Waals surface area contributed by atoms with Crippen molar-refractivity contribution in [2.45, 2.75) is 38.4 Å². The lowest BCUT2D eigenvalue weighted by Gasteiger charge is -2.26. The van der Waals surface area contributed by atoms with Crippen LogP contribution in [0.3, 0.4) is 0 Å².